The molecule has 0 aliphatic carbocycles. The third-order valence-electron chi connectivity index (χ3n) is 4.66. The zero-order valence-corrected chi connectivity index (χ0v) is 10.4. The molecule has 0 radical (unpaired) electrons. The van der Waals surface area contributed by atoms with Crippen LogP contribution in [0.2, 0.25) is 0 Å². The van der Waals surface area contributed by atoms with E-state index < -0.39 is 17.2 Å². The van der Waals surface area contributed by atoms with Crippen molar-refractivity contribution in [3.8, 4) is 0 Å². The summed E-state index contributed by atoms with van der Waals surface area (Å²) in [5, 5.41) is 0. The Kier molecular flexibility index (Phi) is 2.35. The molecule has 0 aromatic heterocycles. The molecular weight excluding hydrogens is 240 g/mol. The van der Waals surface area contributed by atoms with Crippen molar-refractivity contribution in [3.63, 3.8) is 0 Å². The number of carbonyl (C=O) groups excluding carboxylic acids is 2. The monoisotopic (exact) mass is 256 g/mol. The van der Waals surface area contributed by atoms with Crippen LogP contribution in [0.5, 0.6) is 0 Å². The van der Waals surface area contributed by atoms with E-state index in [0.717, 1.165) is 12.8 Å². The van der Waals surface area contributed by atoms with Crippen molar-refractivity contribution in [1.82, 2.24) is 0 Å². The van der Waals surface area contributed by atoms with Crippen LogP contribution in [0.25, 0.3) is 0 Å². The van der Waals surface area contributed by atoms with Gasteiger partial charge in [-0.15, -0.1) is 0 Å². The van der Waals surface area contributed by atoms with Gasteiger partial charge >= 0.3 is 12.1 Å². The number of hydrogen-bond acceptors (Lipinski definition) is 6. The minimum absolute atomic E-state index is 0.0408. The molecule has 0 amide bonds. The lowest BCUT2D eigenvalue weighted by Crippen LogP contribution is -2.47. The van der Waals surface area contributed by atoms with E-state index in [1.54, 1.807) is 0 Å². The minimum Gasteiger partial charge on any atom is -0.465 e. The highest BCUT2D eigenvalue weighted by Gasteiger charge is 2.72. The maximum atomic E-state index is 11.9. The van der Waals surface area contributed by atoms with Crippen LogP contribution >= 0.6 is 0 Å². The zero-order valence-electron chi connectivity index (χ0n) is 10.4. The molecule has 18 heavy (non-hydrogen) atoms. The average molecular weight is 256 g/mol. The maximum absolute atomic E-state index is 11.9. The lowest BCUT2D eigenvalue weighted by molar-refractivity contribution is -0.150. The molecule has 4 atom stereocenters. The van der Waals surface area contributed by atoms with Crippen molar-refractivity contribution in [2.24, 2.45) is 11.3 Å². The second kappa shape index (κ2) is 3.60. The minimum atomic E-state index is -0.727. The first-order chi connectivity index (χ1) is 8.53. The molecule has 3 saturated heterocycles. The zero-order chi connectivity index (χ0) is 13.0. The molecule has 6 nitrogen and oxygen atoms in total. The van der Waals surface area contributed by atoms with E-state index in [0.29, 0.717) is 6.61 Å². The van der Waals surface area contributed by atoms with Gasteiger partial charge in [0.05, 0.1) is 19.8 Å². The normalized spacial score (nSPS) is 44.7. The summed E-state index contributed by atoms with van der Waals surface area (Å²) in [6.07, 6.45) is 0.729. The van der Waals surface area contributed by atoms with Crippen molar-refractivity contribution in [2.45, 2.75) is 31.5 Å². The summed E-state index contributed by atoms with van der Waals surface area (Å²) in [6, 6.07) is 0. The van der Waals surface area contributed by atoms with Crippen LogP contribution in [0.1, 0.15) is 19.8 Å². The van der Waals surface area contributed by atoms with Crippen molar-refractivity contribution < 1.29 is 28.5 Å². The number of methoxy groups -OCH3 is 1. The summed E-state index contributed by atoms with van der Waals surface area (Å²) in [7, 11) is 1.26. The van der Waals surface area contributed by atoms with Gasteiger partial charge in [0.1, 0.15) is 17.6 Å². The standard InChI is InChI=1S/C12H16O6/c1-11-7(5-16-9(11)13)12(4-3-8(11)18-12)6-17-10(14)15-2/h7-8H,3-6H2,1-2H3/t7-,8+,11-,12-/m1/s1. The van der Waals surface area contributed by atoms with E-state index in [9.17, 15) is 9.59 Å². The summed E-state index contributed by atoms with van der Waals surface area (Å²) >= 11 is 0. The number of ether oxygens (including phenoxy) is 4. The Hall–Kier alpha value is -1.30. The van der Waals surface area contributed by atoms with Crippen molar-refractivity contribution in [2.75, 3.05) is 20.3 Å². The predicted octanol–water partition coefficient (Wildman–Crippen LogP) is 0.880. The molecule has 0 N–H and O–H groups in total. The van der Waals surface area contributed by atoms with Gasteiger partial charge in [-0.05, 0) is 19.8 Å². The van der Waals surface area contributed by atoms with Crippen molar-refractivity contribution >= 4 is 12.1 Å². The first-order valence-corrected chi connectivity index (χ1v) is 6.09. The topological polar surface area (TPSA) is 71.1 Å². The Bertz CT molecular complexity index is 407. The highest BCUT2D eigenvalue weighted by molar-refractivity contribution is 5.81. The van der Waals surface area contributed by atoms with Crippen LogP contribution in [0.15, 0.2) is 0 Å². The van der Waals surface area contributed by atoms with E-state index in [-0.39, 0.29) is 24.6 Å². The first-order valence-electron chi connectivity index (χ1n) is 6.09. The van der Waals surface area contributed by atoms with Gasteiger partial charge < -0.3 is 18.9 Å². The highest BCUT2D eigenvalue weighted by Crippen LogP contribution is 2.60. The Morgan fingerprint density at radius 3 is 3.06 bits per heavy atom. The molecule has 3 fully saturated rings. The highest BCUT2D eigenvalue weighted by atomic mass is 16.7. The molecular formula is C12H16O6. The second-order valence-electron chi connectivity index (χ2n) is 5.39. The fourth-order valence-corrected chi connectivity index (χ4v) is 3.59. The van der Waals surface area contributed by atoms with Gasteiger partial charge in [0.2, 0.25) is 0 Å². The smallest absolute Gasteiger partial charge is 0.465 e. The van der Waals surface area contributed by atoms with Gasteiger partial charge in [0.15, 0.2) is 0 Å². The largest absolute Gasteiger partial charge is 0.508 e. The summed E-state index contributed by atoms with van der Waals surface area (Å²) in [6.45, 7) is 2.35. The molecule has 3 aliphatic heterocycles. The average Bonchev–Trinajstić information content (AvgIpc) is 2.98. The van der Waals surface area contributed by atoms with Crippen molar-refractivity contribution in [3.05, 3.63) is 0 Å². The number of hydrogen-bond donors (Lipinski definition) is 0. The molecule has 3 aliphatic rings. The Morgan fingerprint density at radius 1 is 1.56 bits per heavy atom. The first kappa shape index (κ1) is 11.8. The Balaban J connectivity index is 1.82. The quantitative estimate of drug-likeness (QED) is 0.683. The summed E-state index contributed by atoms with van der Waals surface area (Å²) < 4.78 is 20.6. The lowest BCUT2D eigenvalue weighted by atomic mass is 9.64. The van der Waals surface area contributed by atoms with Crippen LogP contribution in [-0.2, 0) is 23.7 Å². The molecule has 3 heterocycles. The lowest BCUT2D eigenvalue weighted by Gasteiger charge is -2.33. The fraction of sp³-hybridized carbons (Fsp3) is 0.833. The van der Waals surface area contributed by atoms with Gasteiger partial charge in [-0.2, -0.15) is 0 Å². The molecule has 0 spiro atoms. The van der Waals surface area contributed by atoms with E-state index in [1.807, 2.05) is 6.92 Å². The fourth-order valence-electron chi connectivity index (χ4n) is 3.59. The number of cyclic esters (lactones) is 1. The number of carbonyl (C=O) groups is 2. The molecule has 0 aromatic rings. The second-order valence-corrected chi connectivity index (χ2v) is 5.39. The van der Waals surface area contributed by atoms with Gasteiger partial charge in [-0.1, -0.05) is 0 Å². The Morgan fingerprint density at radius 2 is 2.33 bits per heavy atom. The molecule has 0 unspecified atom stereocenters. The predicted molar refractivity (Wildman–Crippen MR) is 57.8 cm³/mol. The van der Waals surface area contributed by atoms with Gasteiger partial charge in [-0.3, -0.25) is 4.79 Å². The van der Waals surface area contributed by atoms with E-state index in [4.69, 9.17) is 14.2 Å². The summed E-state index contributed by atoms with van der Waals surface area (Å²) in [5.74, 6) is -0.238. The number of fused-ring (bicyclic) bond motifs is 5. The van der Waals surface area contributed by atoms with Gasteiger partial charge in [0, 0.05) is 5.92 Å². The van der Waals surface area contributed by atoms with E-state index in [2.05, 4.69) is 4.74 Å². The number of rotatable bonds is 2. The maximum Gasteiger partial charge on any atom is 0.508 e. The van der Waals surface area contributed by atoms with Crippen LogP contribution < -0.4 is 0 Å². The molecule has 0 saturated carbocycles. The summed E-state index contributed by atoms with van der Waals surface area (Å²) in [5.41, 5.74) is -1.17. The SMILES string of the molecule is COC(=O)OC[C@@]12CC[C@H](O1)[C@]1(C)C(=O)OC[C@@H]21. The van der Waals surface area contributed by atoms with Crippen LogP contribution in [-0.4, -0.2) is 44.2 Å². The molecule has 3 rings (SSSR count). The van der Waals surface area contributed by atoms with Gasteiger partial charge in [0.25, 0.3) is 0 Å². The molecule has 0 aromatic carbocycles. The molecule has 100 valence electrons. The molecule has 6 heteroatoms. The van der Waals surface area contributed by atoms with E-state index >= 15 is 0 Å². The van der Waals surface area contributed by atoms with Crippen LogP contribution in [0.3, 0.4) is 0 Å². The van der Waals surface area contributed by atoms with Crippen LogP contribution in [0, 0.1) is 11.3 Å². The third-order valence-corrected chi connectivity index (χ3v) is 4.66. The molecule has 2 bridgehead atoms. The third kappa shape index (κ3) is 1.27. The Labute approximate surface area is 105 Å². The van der Waals surface area contributed by atoms with E-state index in [1.165, 1.54) is 7.11 Å². The van der Waals surface area contributed by atoms with Crippen molar-refractivity contribution in [1.29, 1.82) is 0 Å². The van der Waals surface area contributed by atoms with Gasteiger partial charge in [-0.25, -0.2) is 4.79 Å². The summed E-state index contributed by atoms with van der Waals surface area (Å²) in [4.78, 5) is 22.9. The van der Waals surface area contributed by atoms with Crippen LogP contribution in [0.4, 0.5) is 4.79 Å². The number of esters is 1.